The number of aromatic amines is 1. The Balaban J connectivity index is 2.41. The molecule has 1 aromatic heterocycles. The van der Waals surface area contributed by atoms with Crippen molar-refractivity contribution < 1.29 is 5.11 Å². The van der Waals surface area contributed by atoms with Crippen LogP contribution in [0, 0.1) is 5.92 Å². The summed E-state index contributed by atoms with van der Waals surface area (Å²) in [5, 5.41) is 19.6. The van der Waals surface area contributed by atoms with Gasteiger partial charge in [-0.2, -0.15) is 0 Å². The molecule has 68 valence electrons. The predicted octanol–water partition coefficient (Wildman–Crippen LogP) is 0.754. The fourth-order valence-electron chi connectivity index (χ4n) is 1.19. The fraction of sp³-hybridized carbons (Fsp3) is 0.750. The number of hydrogen-bond acceptors (Lipinski definition) is 3. The van der Waals surface area contributed by atoms with Crippen molar-refractivity contribution in [3.05, 3.63) is 11.9 Å². The molecule has 0 saturated heterocycles. The second-order valence-corrected chi connectivity index (χ2v) is 3.12. The van der Waals surface area contributed by atoms with Crippen molar-refractivity contribution in [3.8, 4) is 0 Å². The highest BCUT2D eigenvalue weighted by molar-refractivity contribution is 4.92. The summed E-state index contributed by atoms with van der Waals surface area (Å²) >= 11 is 0. The van der Waals surface area contributed by atoms with Gasteiger partial charge in [-0.1, -0.05) is 19.1 Å². The van der Waals surface area contributed by atoms with E-state index in [1.165, 1.54) is 0 Å². The van der Waals surface area contributed by atoms with Crippen LogP contribution in [0.2, 0.25) is 0 Å². The second kappa shape index (κ2) is 4.21. The molecule has 1 heterocycles. The average Bonchev–Trinajstić information content (AvgIpc) is 2.55. The number of aromatic nitrogens is 3. The van der Waals surface area contributed by atoms with Gasteiger partial charge in [0.15, 0.2) is 0 Å². The van der Waals surface area contributed by atoms with Crippen LogP contribution in [0.25, 0.3) is 0 Å². The molecule has 0 spiro atoms. The summed E-state index contributed by atoms with van der Waals surface area (Å²) in [6.07, 6.45) is 3.10. The number of aliphatic hydroxyl groups is 1. The van der Waals surface area contributed by atoms with Gasteiger partial charge in [-0.15, -0.1) is 5.10 Å². The van der Waals surface area contributed by atoms with Gasteiger partial charge in [-0.3, -0.25) is 5.10 Å². The lowest BCUT2D eigenvalue weighted by atomic mass is 9.98. The first-order chi connectivity index (χ1) is 5.74. The molecule has 0 saturated carbocycles. The van der Waals surface area contributed by atoms with Crippen LogP contribution in [0.15, 0.2) is 6.20 Å². The van der Waals surface area contributed by atoms with Crippen LogP contribution in [-0.4, -0.2) is 26.6 Å². The molecule has 1 rings (SSSR count). The van der Waals surface area contributed by atoms with Gasteiger partial charge in [0.25, 0.3) is 0 Å². The molecule has 2 atom stereocenters. The molecule has 0 bridgehead atoms. The normalized spacial score (nSPS) is 15.9. The number of H-pyrrole nitrogens is 1. The van der Waals surface area contributed by atoms with Gasteiger partial charge in [-0.05, 0) is 18.8 Å². The third-order valence-corrected chi connectivity index (χ3v) is 2.07. The number of aliphatic hydroxyl groups excluding tert-OH is 1. The van der Waals surface area contributed by atoms with Gasteiger partial charge in [-0.25, -0.2) is 0 Å². The molecule has 0 aliphatic carbocycles. The van der Waals surface area contributed by atoms with Gasteiger partial charge in [0.1, 0.15) is 0 Å². The van der Waals surface area contributed by atoms with Crippen LogP contribution in [0.3, 0.4) is 0 Å². The summed E-state index contributed by atoms with van der Waals surface area (Å²) in [6.45, 7) is 3.99. The number of nitrogens with one attached hydrogen (secondary N) is 1. The van der Waals surface area contributed by atoms with E-state index in [2.05, 4.69) is 15.4 Å². The molecular weight excluding hydrogens is 154 g/mol. The van der Waals surface area contributed by atoms with E-state index in [4.69, 9.17) is 0 Å². The third-order valence-electron chi connectivity index (χ3n) is 2.07. The lowest BCUT2D eigenvalue weighted by Crippen LogP contribution is -2.18. The number of rotatable bonds is 4. The molecule has 2 N–H and O–H groups in total. The molecule has 0 radical (unpaired) electrons. The van der Waals surface area contributed by atoms with Crippen LogP contribution in [0.4, 0.5) is 0 Å². The second-order valence-electron chi connectivity index (χ2n) is 3.12. The molecule has 0 aromatic carbocycles. The maximum Gasteiger partial charge on any atom is 0.0828 e. The standard InChI is InChI=1S/C8H15N3O/c1-3-8(12)6(2)4-7-5-9-11-10-7/h5-6,8,12H,3-4H2,1-2H3,(H,9,10,11). The molecule has 0 aliphatic heterocycles. The van der Waals surface area contributed by atoms with Gasteiger partial charge < -0.3 is 5.11 Å². The molecule has 12 heavy (non-hydrogen) atoms. The zero-order valence-corrected chi connectivity index (χ0v) is 7.49. The maximum absolute atomic E-state index is 9.47. The summed E-state index contributed by atoms with van der Waals surface area (Å²) in [5.74, 6) is 0.250. The Hall–Kier alpha value is -0.900. The first-order valence-electron chi connectivity index (χ1n) is 4.27. The highest BCUT2D eigenvalue weighted by Crippen LogP contribution is 2.11. The van der Waals surface area contributed by atoms with E-state index in [0.717, 1.165) is 18.5 Å². The Kier molecular flexibility index (Phi) is 3.22. The topological polar surface area (TPSA) is 61.8 Å². The molecule has 0 aliphatic rings. The lowest BCUT2D eigenvalue weighted by molar-refractivity contribution is 0.112. The minimum absolute atomic E-state index is 0.235. The zero-order chi connectivity index (χ0) is 8.97. The summed E-state index contributed by atoms with van der Waals surface area (Å²) in [7, 11) is 0. The minimum atomic E-state index is -0.235. The van der Waals surface area contributed by atoms with Crippen molar-refractivity contribution >= 4 is 0 Å². The largest absolute Gasteiger partial charge is 0.393 e. The molecule has 4 nitrogen and oxygen atoms in total. The van der Waals surface area contributed by atoms with Crippen LogP contribution in [0.5, 0.6) is 0 Å². The van der Waals surface area contributed by atoms with Crippen molar-refractivity contribution in [2.24, 2.45) is 5.92 Å². The average molecular weight is 169 g/mol. The summed E-state index contributed by atoms with van der Waals surface area (Å²) < 4.78 is 0. The van der Waals surface area contributed by atoms with Gasteiger partial charge >= 0.3 is 0 Å². The Labute approximate surface area is 72.0 Å². The van der Waals surface area contributed by atoms with Crippen molar-refractivity contribution in [1.29, 1.82) is 0 Å². The van der Waals surface area contributed by atoms with E-state index in [1.54, 1.807) is 6.20 Å². The lowest BCUT2D eigenvalue weighted by Gasteiger charge is -2.14. The van der Waals surface area contributed by atoms with Crippen LogP contribution < -0.4 is 0 Å². The predicted molar refractivity (Wildman–Crippen MR) is 45.5 cm³/mol. The smallest absolute Gasteiger partial charge is 0.0828 e. The third kappa shape index (κ3) is 2.30. The minimum Gasteiger partial charge on any atom is -0.393 e. The first-order valence-corrected chi connectivity index (χ1v) is 4.27. The van der Waals surface area contributed by atoms with E-state index in [-0.39, 0.29) is 12.0 Å². The highest BCUT2D eigenvalue weighted by atomic mass is 16.3. The summed E-state index contributed by atoms with van der Waals surface area (Å²) in [5.41, 5.74) is 0.912. The molecular formula is C8H15N3O. The van der Waals surface area contributed by atoms with Crippen molar-refractivity contribution in [2.75, 3.05) is 0 Å². The Morgan fingerprint density at radius 2 is 2.42 bits per heavy atom. The summed E-state index contributed by atoms with van der Waals surface area (Å²) in [6, 6.07) is 0. The maximum atomic E-state index is 9.47. The zero-order valence-electron chi connectivity index (χ0n) is 7.49. The van der Waals surface area contributed by atoms with Crippen molar-refractivity contribution in [2.45, 2.75) is 32.8 Å². The molecule has 2 unspecified atom stereocenters. The van der Waals surface area contributed by atoms with Gasteiger partial charge in [0, 0.05) is 6.20 Å². The van der Waals surface area contributed by atoms with E-state index in [1.807, 2.05) is 13.8 Å². The van der Waals surface area contributed by atoms with Gasteiger partial charge in [0.05, 0.1) is 11.8 Å². The Morgan fingerprint density at radius 1 is 1.67 bits per heavy atom. The van der Waals surface area contributed by atoms with Crippen LogP contribution in [0.1, 0.15) is 26.0 Å². The molecule has 4 heteroatoms. The monoisotopic (exact) mass is 169 g/mol. The Bertz CT molecular complexity index is 210. The Morgan fingerprint density at radius 3 is 2.92 bits per heavy atom. The quantitative estimate of drug-likeness (QED) is 0.699. The first kappa shape index (κ1) is 9.19. The highest BCUT2D eigenvalue weighted by Gasteiger charge is 2.13. The van der Waals surface area contributed by atoms with Crippen molar-refractivity contribution in [3.63, 3.8) is 0 Å². The molecule has 0 amide bonds. The van der Waals surface area contributed by atoms with E-state index in [9.17, 15) is 5.11 Å². The fourth-order valence-corrected chi connectivity index (χ4v) is 1.19. The number of nitrogens with zero attached hydrogens (tertiary/aromatic N) is 2. The van der Waals surface area contributed by atoms with E-state index >= 15 is 0 Å². The SMILES string of the molecule is CCC(O)C(C)Cc1c[nH]nn1. The van der Waals surface area contributed by atoms with Crippen molar-refractivity contribution in [1.82, 2.24) is 15.4 Å². The van der Waals surface area contributed by atoms with Crippen LogP contribution in [-0.2, 0) is 6.42 Å². The van der Waals surface area contributed by atoms with E-state index in [0.29, 0.717) is 0 Å². The summed E-state index contributed by atoms with van der Waals surface area (Å²) in [4.78, 5) is 0. The van der Waals surface area contributed by atoms with Crippen LogP contribution >= 0.6 is 0 Å². The van der Waals surface area contributed by atoms with Gasteiger partial charge in [0.2, 0.25) is 0 Å². The van der Waals surface area contributed by atoms with E-state index < -0.39 is 0 Å². The molecule has 0 fully saturated rings. The number of hydrogen-bond donors (Lipinski definition) is 2. The molecule has 1 aromatic rings.